The topological polar surface area (TPSA) is 60.2 Å². The summed E-state index contributed by atoms with van der Waals surface area (Å²) < 4.78 is 10.5. The fourth-order valence-electron chi connectivity index (χ4n) is 1.76. The highest BCUT2D eigenvalue weighted by atomic mass is 16.5. The molecule has 0 heterocycles. The molecule has 0 amide bonds. The van der Waals surface area contributed by atoms with E-state index in [0.29, 0.717) is 18.0 Å². The van der Waals surface area contributed by atoms with Crippen molar-refractivity contribution in [3.05, 3.63) is 60.7 Å². The number of benzene rings is 2. The summed E-state index contributed by atoms with van der Waals surface area (Å²) in [6, 6.07) is 14.2. The van der Waals surface area contributed by atoms with Gasteiger partial charge in [-0.05, 0) is 62.4 Å². The molecule has 0 aromatic heterocycles. The molecule has 2 aromatic carbocycles. The predicted octanol–water partition coefficient (Wildman–Crippen LogP) is 4.98. The summed E-state index contributed by atoms with van der Waals surface area (Å²) in [4.78, 5) is 11.3. The Bertz CT molecular complexity index is 689. The lowest BCUT2D eigenvalue weighted by molar-refractivity contribution is -0.129. The van der Waals surface area contributed by atoms with Crippen molar-refractivity contribution in [1.82, 2.24) is 0 Å². The van der Waals surface area contributed by atoms with Crippen LogP contribution in [-0.2, 0) is 4.79 Å². The van der Waals surface area contributed by atoms with E-state index in [1.54, 1.807) is 37.3 Å². The van der Waals surface area contributed by atoms with Crippen LogP contribution >= 0.6 is 0 Å². The summed E-state index contributed by atoms with van der Waals surface area (Å²) in [5.74, 6) is 0.864. The number of allylic oxidation sites excluding steroid dienone is 1. The average molecular weight is 310 g/mol. The molecule has 0 aliphatic rings. The van der Waals surface area contributed by atoms with Gasteiger partial charge in [0.1, 0.15) is 11.5 Å². The molecule has 0 spiro atoms. The SMILES string of the molecule is CC=CC(=O)Oc1ccc(N=Nc2ccc(OCC)cc2)cc1. The zero-order valence-electron chi connectivity index (χ0n) is 13.1. The van der Waals surface area contributed by atoms with Gasteiger partial charge in [-0.1, -0.05) is 6.08 Å². The molecular formula is C18H18N2O3. The number of hydrogen-bond donors (Lipinski definition) is 0. The van der Waals surface area contributed by atoms with Gasteiger partial charge in [-0.3, -0.25) is 0 Å². The molecule has 0 bridgehead atoms. The molecule has 0 unspecified atom stereocenters. The zero-order valence-corrected chi connectivity index (χ0v) is 13.1. The minimum absolute atomic E-state index is 0.406. The summed E-state index contributed by atoms with van der Waals surface area (Å²) in [6.45, 7) is 4.32. The van der Waals surface area contributed by atoms with Crippen LogP contribution in [0.15, 0.2) is 70.9 Å². The summed E-state index contributed by atoms with van der Waals surface area (Å²) in [7, 11) is 0. The number of ether oxygens (including phenoxy) is 2. The van der Waals surface area contributed by atoms with E-state index < -0.39 is 5.97 Å². The Hall–Kier alpha value is -2.95. The van der Waals surface area contributed by atoms with E-state index in [-0.39, 0.29) is 0 Å². The fraction of sp³-hybridized carbons (Fsp3) is 0.167. The summed E-state index contributed by atoms with van der Waals surface area (Å²) in [5.41, 5.74) is 1.40. The number of esters is 1. The molecule has 0 N–H and O–H groups in total. The van der Waals surface area contributed by atoms with E-state index >= 15 is 0 Å². The molecule has 2 aromatic rings. The molecule has 0 fully saturated rings. The monoisotopic (exact) mass is 310 g/mol. The van der Waals surface area contributed by atoms with Gasteiger partial charge in [0.15, 0.2) is 0 Å². The van der Waals surface area contributed by atoms with E-state index in [1.165, 1.54) is 6.08 Å². The van der Waals surface area contributed by atoms with Crippen molar-refractivity contribution in [3.63, 3.8) is 0 Å². The highest BCUT2D eigenvalue weighted by molar-refractivity contribution is 5.83. The molecule has 0 aliphatic carbocycles. The third kappa shape index (κ3) is 5.39. The maximum Gasteiger partial charge on any atom is 0.335 e. The first kappa shape index (κ1) is 16.4. The van der Waals surface area contributed by atoms with Crippen LogP contribution in [0.3, 0.4) is 0 Å². The number of carbonyl (C=O) groups excluding carboxylic acids is 1. The third-order valence-electron chi connectivity index (χ3n) is 2.79. The molecule has 23 heavy (non-hydrogen) atoms. The number of hydrogen-bond acceptors (Lipinski definition) is 5. The molecule has 0 atom stereocenters. The van der Waals surface area contributed by atoms with E-state index in [2.05, 4.69) is 10.2 Å². The molecule has 5 heteroatoms. The number of carbonyl (C=O) groups is 1. The van der Waals surface area contributed by atoms with Gasteiger partial charge in [0.05, 0.1) is 18.0 Å². The van der Waals surface area contributed by atoms with Crippen LogP contribution in [0.25, 0.3) is 0 Å². The van der Waals surface area contributed by atoms with Crippen molar-refractivity contribution in [2.24, 2.45) is 10.2 Å². The first-order valence-electron chi connectivity index (χ1n) is 7.30. The lowest BCUT2D eigenvalue weighted by atomic mass is 10.3. The van der Waals surface area contributed by atoms with Gasteiger partial charge in [-0.2, -0.15) is 10.2 Å². The predicted molar refractivity (Wildman–Crippen MR) is 88.7 cm³/mol. The van der Waals surface area contributed by atoms with Gasteiger partial charge in [-0.25, -0.2) is 4.79 Å². The van der Waals surface area contributed by atoms with E-state index in [1.807, 2.05) is 31.2 Å². The number of rotatable bonds is 6. The van der Waals surface area contributed by atoms with Crippen molar-refractivity contribution < 1.29 is 14.3 Å². The lowest BCUT2D eigenvalue weighted by Gasteiger charge is -2.02. The molecule has 0 saturated carbocycles. The molecule has 5 nitrogen and oxygen atoms in total. The minimum Gasteiger partial charge on any atom is -0.494 e. The Balaban J connectivity index is 1.98. The van der Waals surface area contributed by atoms with Gasteiger partial charge in [0.2, 0.25) is 0 Å². The van der Waals surface area contributed by atoms with Gasteiger partial charge >= 0.3 is 5.97 Å². The lowest BCUT2D eigenvalue weighted by Crippen LogP contribution is -2.02. The van der Waals surface area contributed by atoms with E-state index in [0.717, 1.165) is 11.4 Å². The molecule has 2 rings (SSSR count). The average Bonchev–Trinajstić information content (AvgIpc) is 2.56. The highest BCUT2D eigenvalue weighted by Crippen LogP contribution is 2.23. The highest BCUT2D eigenvalue weighted by Gasteiger charge is 2.00. The Morgan fingerprint density at radius 2 is 1.48 bits per heavy atom. The fourth-order valence-corrected chi connectivity index (χ4v) is 1.76. The largest absolute Gasteiger partial charge is 0.494 e. The van der Waals surface area contributed by atoms with Crippen LogP contribution in [-0.4, -0.2) is 12.6 Å². The van der Waals surface area contributed by atoms with Crippen molar-refractivity contribution >= 4 is 17.3 Å². The van der Waals surface area contributed by atoms with Crippen LogP contribution in [0.5, 0.6) is 11.5 Å². The van der Waals surface area contributed by atoms with Crippen LogP contribution in [0.4, 0.5) is 11.4 Å². The van der Waals surface area contributed by atoms with Crippen molar-refractivity contribution in [3.8, 4) is 11.5 Å². The normalized spacial score (nSPS) is 11.0. The van der Waals surface area contributed by atoms with Crippen molar-refractivity contribution in [2.75, 3.05) is 6.61 Å². The first-order valence-corrected chi connectivity index (χ1v) is 7.30. The molecule has 0 aliphatic heterocycles. The third-order valence-corrected chi connectivity index (χ3v) is 2.79. The molecule has 0 saturated heterocycles. The summed E-state index contributed by atoms with van der Waals surface area (Å²) in [5, 5.41) is 8.29. The first-order chi connectivity index (χ1) is 11.2. The molecular weight excluding hydrogens is 292 g/mol. The molecule has 118 valence electrons. The zero-order chi connectivity index (χ0) is 16.5. The van der Waals surface area contributed by atoms with Gasteiger partial charge in [-0.15, -0.1) is 0 Å². The maximum atomic E-state index is 11.3. The second kappa shape index (κ2) is 8.48. The number of azo groups is 1. The van der Waals surface area contributed by atoms with Crippen molar-refractivity contribution in [2.45, 2.75) is 13.8 Å². The Morgan fingerprint density at radius 1 is 0.957 bits per heavy atom. The quantitative estimate of drug-likeness (QED) is 0.327. The smallest absolute Gasteiger partial charge is 0.335 e. The summed E-state index contributed by atoms with van der Waals surface area (Å²) >= 11 is 0. The Labute approximate surface area is 135 Å². The van der Waals surface area contributed by atoms with Gasteiger partial charge in [0, 0.05) is 6.08 Å². The van der Waals surface area contributed by atoms with Crippen LogP contribution in [0.2, 0.25) is 0 Å². The van der Waals surface area contributed by atoms with E-state index in [4.69, 9.17) is 9.47 Å². The van der Waals surface area contributed by atoms with Gasteiger partial charge in [0.25, 0.3) is 0 Å². The van der Waals surface area contributed by atoms with Crippen LogP contribution < -0.4 is 9.47 Å². The summed E-state index contributed by atoms with van der Waals surface area (Å²) in [6.07, 6.45) is 2.99. The van der Waals surface area contributed by atoms with Crippen molar-refractivity contribution in [1.29, 1.82) is 0 Å². The minimum atomic E-state index is -0.406. The maximum absolute atomic E-state index is 11.3. The molecule has 0 radical (unpaired) electrons. The van der Waals surface area contributed by atoms with Crippen LogP contribution in [0.1, 0.15) is 13.8 Å². The Morgan fingerprint density at radius 3 is 1.96 bits per heavy atom. The van der Waals surface area contributed by atoms with Gasteiger partial charge < -0.3 is 9.47 Å². The number of nitrogens with zero attached hydrogens (tertiary/aromatic N) is 2. The second-order valence-electron chi connectivity index (χ2n) is 4.54. The standard InChI is InChI=1S/C18H18N2O3/c1-3-5-18(21)23-17-12-8-15(9-13-17)20-19-14-6-10-16(11-7-14)22-4-2/h3,5-13H,4H2,1-2H3. The van der Waals surface area contributed by atoms with E-state index in [9.17, 15) is 4.79 Å². The Kier molecular flexibility index (Phi) is 6.06. The second-order valence-corrected chi connectivity index (χ2v) is 4.54. The van der Waals surface area contributed by atoms with Crippen LogP contribution in [0, 0.1) is 0 Å².